The maximum absolute atomic E-state index is 11.9. The molecule has 0 aromatic heterocycles. The van der Waals surface area contributed by atoms with Gasteiger partial charge in [-0.1, -0.05) is 42.5 Å². The van der Waals surface area contributed by atoms with Gasteiger partial charge in [-0.05, 0) is 43.3 Å². The van der Waals surface area contributed by atoms with Crippen molar-refractivity contribution in [2.24, 2.45) is 0 Å². The molecule has 0 heterocycles. The van der Waals surface area contributed by atoms with E-state index in [2.05, 4.69) is 41.5 Å². The van der Waals surface area contributed by atoms with E-state index in [4.69, 9.17) is 4.74 Å². The van der Waals surface area contributed by atoms with Crippen LogP contribution in [0.4, 0.5) is 0 Å². The second-order valence-electron chi connectivity index (χ2n) is 5.95. The fourth-order valence-corrected chi connectivity index (χ4v) is 2.54. The predicted octanol–water partition coefficient (Wildman–Crippen LogP) is 2.88. The van der Waals surface area contributed by atoms with Gasteiger partial charge < -0.3 is 15.0 Å². The lowest BCUT2D eigenvalue weighted by molar-refractivity contribution is -0.120. The fourth-order valence-electron chi connectivity index (χ4n) is 2.54. The number of nitrogens with zero attached hydrogens (tertiary/aromatic N) is 1. The minimum absolute atomic E-state index is 0.0610. The highest BCUT2D eigenvalue weighted by Crippen LogP contribution is 2.11. The van der Waals surface area contributed by atoms with Crippen LogP contribution in [0.3, 0.4) is 0 Å². The molecule has 0 unspecified atom stereocenters. The maximum atomic E-state index is 11.9. The van der Waals surface area contributed by atoms with Crippen molar-refractivity contribution in [3.05, 3.63) is 65.7 Å². The molecule has 0 saturated heterocycles. The van der Waals surface area contributed by atoms with E-state index in [1.54, 1.807) is 7.11 Å². The Hall–Kier alpha value is -2.33. The number of rotatable bonds is 9. The van der Waals surface area contributed by atoms with Gasteiger partial charge in [0.1, 0.15) is 5.75 Å². The highest BCUT2D eigenvalue weighted by atomic mass is 16.5. The Morgan fingerprint density at radius 3 is 2.42 bits per heavy atom. The lowest BCUT2D eigenvalue weighted by atomic mass is 10.1. The van der Waals surface area contributed by atoms with E-state index in [9.17, 15) is 4.79 Å². The van der Waals surface area contributed by atoms with Gasteiger partial charge in [0, 0.05) is 13.1 Å². The summed E-state index contributed by atoms with van der Waals surface area (Å²) in [6.45, 7) is 2.59. The van der Waals surface area contributed by atoms with Crippen LogP contribution in [0.2, 0.25) is 0 Å². The van der Waals surface area contributed by atoms with Crippen LogP contribution >= 0.6 is 0 Å². The van der Waals surface area contributed by atoms with Gasteiger partial charge in [-0.15, -0.1) is 0 Å². The Morgan fingerprint density at radius 2 is 1.75 bits per heavy atom. The molecule has 0 saturated carbocycles. The van der Waals surface area contributed by atoms with Crippen LogP contribution in [0.15, 0.2) is 54.6 Å². The molecule has 0 spiro atoms. The molecule has 2 rings (SSSR count). The Kier molecular flexibility index (Phi) is 7.30. The first kappa shape index (κ1) is 18.0. The molecule has 4 nitrogen and oxygen atoms in total. The summed E-state index contributed by atoms with van der Waals surface area (Å²) in [5.74, 6) is 0.867. The van der Waals surface area contributed by atoms with Crippen molar-refractivity contribution in [1.82, 2.24) is 10.2 Å². The van der Waals surface area contributed by atoms with E-state index in [-0.39, 0.29) is 5.91 Å². The Bertz CT molecular complexity index is 611. The number of benzene rings is 2. The number of hydrogen-bond acceptors (Lipinski definition) is 3. The highest BCUT2D eigenvalue weighted by Gasteiger charge is 2.04. The molecule has 1 N–H and O–H groups in total. The zero-order valence-electron chi connectivity index (χ0n) is 14.5. The largest absolute Gasteiger partial charge is 0.497 e. The minimum atomic E-state index is 0.0610. The summed E-state index contributed by atoms with van der Waals surface area (Å²) in [6.07, 6.45) is 1.35. The monoisotopic (exact) mass is 326 g/mol. The Morgan fingerprint density at radius 1 is 1.04 bits per heavy atom. The number of amides is 1. The quantitative estimate of drug-likeness (QED) is 0.721. The van der Waals surface area contributed by atoms with E-state index in [0.29, 0.717) is 13.0 Å². The molecular formula is C20H26N2O2. The molecule has 0 bridgehead atoms. The number of nitrogens with one attached hydrogen (secondary N) is 1. The molecule has 0 aliphatic rings. The molecule has 0 atom stereocenters. The standard InChI is InChI=1S/C20H26N2O2/c1-22(16-18-7-4-3-5-8-18)14-6-13-21-20(23)15-17-9-11-19(24-2)12-10-17/h3-5,7-12H,6,13-16H2,1-2H3,(H,21,23). The molecule has 2 aromatic rings. The van der Waals surface area contributed by atoms with Crippen molar-refractivity contribution in [3.8, 4) is 5.75 Å². The lowest BCUT2D eigenvalue weighted by Gasteiger charge is -2.16. The zero-order chi connectivity index (χ0) is 17.2. The first-order valence-electron chi connectivity index (χ1n) is 8.29. The molecule has 0 fully saturated rings. The van der Waals surface area contributed by atoms with Crippen molar-refractivity contribution in [3.63, 3.8) is 0 Å². The third-order valence-corrected chi connectivity index (χ3v) is 3.86. The number of hydrogen-bond donors (Lipinski definition) is 1. The van der Waals surface area contributed by atoms with Crippen molar-refractivity contribution in [2.45, 2.75) is 19.4 Å². The van der Waals surface area contributed by atoms with Gasteiger partial charge in [-0.25, -0.2) is 0 Å². The van der Waals surface area contributed by atoms with Gasteiger partial charge in [0.05, 0.1) is 13.5 Å². The topological polar surface area (TPSA) is 41.6 Å². The van der Waals surface area contributed by atoms with Crippen molar-refractivity contribution < 1.29 is 9.53 Å². The van der Waals surface area contributed by atoms with Gasteiger partial charge in [0.15, 0.2) is 0 Å². The molecule has 2 aromatic carbocycles. The van der Waals surface area contributed by atoms with Crippen LogP contribution < -0.4 is 10.1 Å². The average Bonchev–Trinajstić information content (AvgIpc) is 2.60. The summed E-state index contributed by atoms with van der Waals surface area (Å²) in [7, 11) is 3.74. The third-order valence-electron chi connectivity index (χ3n) is 3.86. The van der Waals surface area contributed by atoms with Crippen molar-refractivity contribution in [2.75, 3.05) is 27.2 Å². The highest BCUT2D eigenvalue weighted by molar-refractivity contribution is 5.78. The SMILES string of the molecule is COc1ccc(CC(=O)NCCCN(C)Cc2ccccc2)cc1. The summed E-state index contributed by atoms with van der Waals surface area (Å²) < 4.78 is 5.11. The second kappa shape index (κ2) is 9.73. The van der Waals surface area contributed by atoms with Gasteiger partial charge in [-0.2, -0.15) is 0 Å². The summed E-state index contributed by atoms with van der Waals surface area (Å²) in [6, 6.07) is 18.0. The smallest absolute Gasteiger partial charge is 0.224 e. The molecule has 24 heavy (non-hydrogen) atoms. The Balaban J connectivity index is 1.61. The van der Waals surface area contributed by atoms with Gasteiger partial charge in [0.2, 0.25) is 5.91 Å². The number of methoxy groups -OCH3 is 1. The molecule has 1 amide bonds. The van der Waals surface area contributed by atoms with E-state index in [1.165, 1.54) is 5.56 Å². The van der Waals surface area contributed by atoms with Crippen LogP contribution in [0.1, 0.15) is 17.5 Å². The molecule has 0 aliphatic carbocycles. The fraction of sp³-hybridized carbons (Fsp3) is 0.350. The summed E-state index contributed by atoms with van der Waals surface area (Å²) in [4.78, 5) is 14.2. The minimum Gasteiger partial charge on any atom is -0.497 e. The van der Waals surface area contributed by atoms with E-state index < -0.39 is 0 Å². The summed E-state index contributed by atoms with van der Waals surface area (Å²) >= 11 is 0. The van der Waals surface area contributed by atoms with Crippen LogP contribution in [0.5, 0.6) is 5.75 Å². The van der Waals surface area contributed by atoms with Crippen molar-refractivity contribution >= 4 is 5.91 Å². The average molecular weight is 326 g/mol. The molecule has 0 radical (unpaired) electrons. The lowest BCUT2D eigenvalue weighted by Crippen LogP contribution is -2.29. The molecule has 0 aliphatic heterocycles. The second-order valence-corrected chi connectivity index (χ2v) is 5.95. The van der Waals surface area contributed by atoms with Crippen LogP contribution in [0.25, 0.3) is 0 Å². The van der Waals surface area contributed by atoms with Crippen LogP contribution in [0, 0.1) is 0 Å². The van der Waals surface area contributed by atoms with Gasteiger partial charge in [0.25, 0.3) is 0 Å². The zero-order valence-corrected chi connectivity index (χ0v) is 14.5. The summed E-state index contributed by atoms with van der Waals surface area (Å²) in [5, 5.41) is 2.98. The molecule has 4 heteroatoms. The number of carbonyl (C=O) groups is 1. The van der Waals surface area contributed by atoms with Gasteiger partial charge in [-0.3, -0.25) is 4.79 Å². The van der Waals surface area contributed by atoms with Crippen molar-refractivity contribution in [1.29, 1.82) is 0 Å². The normalized spacial score (nSPS) is 10.6. The first-order valence-corrected chi connectivity index (χ1v) is 8.29. The Labute approximate surface area is 144 Å². The van der Waals surface area contributed by atoms with E-state index in [0.717, 1.165) is 30.8 Å². The molecular weight excluding hydrogens is 300 g/mol. The maximum Gasteiger partial charge on any atom is 0.224 e. The third kappa shape index (κ3) is 6.42. The molecule has 128 valence electrons. The van der Waals surface area contributed by atoms with E-state index in [1.807, 2.05) is 30.3 Å². The van der Waals surface area contributed by atoms with E-state index >= 15 is 0 Å². The van der Waals surface area contributed by atoms with Crippen LogP contribution in [-0.4, -0.2) is 38.1 Å². The predicted molar refractivity (Wildman–Crippen MR) is 97.1 cm³/mol. The first-order chi connectivity index (χ1) is 11.7. The summed E-state index contributed by atoms with van der Waals surface area (Å²) in [5.41, 5.74) is 2.30. The van der Waals surface area contributed by atoms with Crippen LogP contribution in [-0.2, 0) is 17.8 Å². The van der Waals surface area contributed by atoms with Gasteiger partial charge >= 0.3 is 0 Å². The number of carbonyl (C=O) groups excluding carboxylic acids is 1. The number of ether oxygens (including phenoxy) is 1.